The van der Waals surface area contributed by atoms with Crippen molar-refractivity contribution in [2.75, 3.05) is 6.54 Å². The van der Waals surface area contributed by atoms with Crippen molar-refractivity contribution in [1.29, 1.82) is 0 Å². The number of hydrogen-bond acceptors (Lipinski definition) is 3. The van der Waals surface area contributed by atoms with Crippen LogP contribution in [0.5, 0.6) is 0 Å². The van der Waals surface area contributed by atoms with E-state index < -0.39 is 5.97 Å². The zero-order valence-corrected chi connectivity index (χ0v) is 11.7. The molecule has 1 atom stereocenters. The summed E-state index contributed by atoms with van der Waals surface area (Å²) in [6.07, 6.45) is 6.40. The van der Waals surface area contributed by atoms with Crippen LogP contribution in [0.2, 0.25) is 0 Å². The van der Waals surface area contributed by atoms with Crippen molar-refractivity contribution < 1.29 is 9.90 Å². The fourth-order valence-corrected chi connectivity index (χ4v) is 3.58. The fraction of sp³-hybridized carbons (Fsp3) is 0.643. The lowest BCUT2D eigenvalue weighted by Crippen LogP contribution is -2.38. The molecule has 1 aliphatic rings. The zero-order valence-electron chi connectivity index (χ0n) is 10.9. The first kappa shape index (κ1) is 13.6. The minimum absolute atomic E-state index is 0.453. The van der Waals surface area contributed by atoms with E-state index in [4.69, 9.17) is 5.11 Å². The molecule has 2 heterocycles. The summed E-state index contributed by atoms with van der Waals surface area (Å²) in [5.74, 6) is -0.810. The SMILES string of the molecule is CCCC1CCCCN1Cc1ccc(C(=O)O)s1. The van der Waals surface area contributed by atoms with E-state index in [1.807, 2.05) is 6.07 Å². The van der Waals surface area contributed by atoms with Crippen LogP contribution in [-0.4, -0.2) is 28.6 Å². The summed E-state index contributed by atoms with van der Waals surface area (Å²) >= 11 is 1.41. The first-order valence-electron chi connectivity index (χ1n) is 6.76. The molecule has 100 valence electrons. The molecular weight excluding hydrogens is 246 g/mol. The van der Waals surface area contributed by atoms with Crippen molar-refractivity contribution in [3.63, 3.8) is 0 Å². The van der Waals surface area contributed by atoms with Gasteiger partial charge in [-0.15, -0.1) is 11.3 Å². The van der Waals surface area contributed by atoms with Crippen LogP contribution in [0.25, 0.3) is 0 Å². The number of carboxylic acids is 1. The molecule has 0 radical (unpaired) electrons. The Hall–Kier alpha value is -0.870. The normalized spacial score (nSPS) is 21.1. The lowest BCUT2D eigenvalue weighted by Gasteiger charge is -2.35. The quantitative estimate of drug-likeness (QED) is 0.886. The van der Waals surface area contributed by atoms with Crippen molar-refractivity contribution in [1.82, 2.24) is 4.90 Å². The molecule has 4 heteroatoms. The highest BCUT2D eigenvalue weighted by Gasteiger charge is 2.22. The summed E-state index contributed by atoms with van der Waals surface area (Å²) < 4.78 is 0. The monoisotopic (exact) mass is 267 g/mol. The second-order valence-corrected chi connectivity index (χ2v) is 6.15. The average molecular weight is 267 g/mol. The van der Waals surface area contributed by atoms with E-state index in [0.717, 1.165) is 13.1 Å². The Morgan fingerprint density at radius 2 is 2.33 bits per heavy atom. The number of carboxylic acid groups (broad SMARTS) is 1. The summed E-state index contributed by atoms with van der Waals surface area (Å²) in [5, 5.41) is 8.94. The van der Waals surface area contributed by atoms with Gasteiger partial charge in [-0.25, -0.2) is 4.79 Å². The molecule has 2 rings (SSSR count). The van der Waals surface area contributed by atoms with E-state index >= 15 is 0 Å². The molecule has 0 aromatic carbocycles. The molecule has 0 saturated carbocycles. The van der Waals surface area contributed by atoms with Gasteiger partial charge in [0.25, 0.3) is 0 Å². The van der Waals surface area contributed by atoms with Gasteiger partial charge in [0.15, 0.2) is 0 Å². The number of thiophene rings is 1. The van der Waals surface area contributed by atoms with Crippen LogP contribution in [0.4, 0.5) is 0 Å². The highest BCUT2D eigenvalue weighted by molar-refractivity contribution is 7.13. The Kier molecular flexibility index (Phi) is 4.78. The molecule has 1 aromatic heterocycles. The van der Waals surface area contributed by atoms with Crippen LogP contribution in [0.15, 0.2) is 12.1 Å². The Morgan fingerprint density at radius 3 is 3.00 bits per heavy atom. The van der Waals surface area contributed by atoms with Crippen molar-refractivity contribution in [2.45, 2.75) is 51.6 Å². The van der Waals surface area contributed by atoms with E-state index in [2.05, 4.69) is 11.8 Å². The Morgan fingerprint density at radius 1 is 1.50 bits per heavy atom. The van der Waals surface area contributed by atoms with Gasteiger partial charge in [0.1, 0.15) is 4.88 Å². The summed E-state index contributed by atoms with van der Waals surface area (Å²) in [4.78, 5) is 15.0. The molecule has 1 fully saturated rings. The maximum absolute atomic E-state index is 10.9. The van der Waals surface area contributed by atoms with Gasteiger partial charge in [-0.2, -0.15) is 0 Å². The van der Waals surface area contributed by atoms with Crippen molar-refractivity contribution >= 4 is 17.3 Å². The molecule has 1 aliphatic heterocycles. The second kappa shape index (κ2) is 6.34. The maximum atomic E-state index is 10.9. The molecule has 1 unspecified atom stereocenters. The third kappa shape index (κ3) is 3.33. The molecule has 0 aliphatic carbocycles. The first-order valence-corrected chi connectivity index (χ1v) is 7.58. The number of carbonyl (C=O) groups is 1. The van der Waals surface area contributed by atoms with E-state index in [1.54, 1.807) is 6.07 Å². The van der Waals surface area contributed by atoms with Gasteiger partial charge in [-0.1, -0.05) is 19.8 Å². The Bertz CT molecular complexity index is 400. The predicted molar refractivity (Wildman–Crippen MR) is 74.2 cm³/mol. The number of rotatable bonds is 5. The first-order chi connectivity index (χ1) is 8.70. The third-order valence-electron chi connectivity index (χ3n) is 3.60. The largest absolute Gasteiger partial charge is 0.477 e. The van der Waals surface area contributed by atoms with Gasteiger partial charge in [-0.3, -0.25) is 4.90 Å². The van der Waals surface area contributed by atoms with Crippen molar-refractivity contribution in [2.24, 2.45) is 0 Å². The van der Waals surface area contributed by atoms with Gasteiger partial charge >= 0.3 is 5.97 Å². The van der Waals surface area contributed by atoms with Gasteiger partial charge < -0.3 is 5.11 Å². The summed E-state index contributed by atoms with van der Waals surface area (Å²) in [6, 6.07) is 4.38. The number of nitrogens with zero attached hydrogens (tertiary/aromatic N) is 1. The molecule has 0 amide bonds. The Labute approximate surface area is 112 Å². The highest BCUT2D eigenvalue weighted by Crippen LogP contribution is 2.25. The van der Waals surface area contributed by atoms with Gasteiger partial charge in [0, 0.05) is 17.5 Å². The second-order valence-electron chi connectivity index (χ2n) is 4.98. The number of aromatic carboxylic acids is 1. The van der Waals surface area contributed by atoms with E-state index in [0.29, 0.717) is 10.9 Å². The van der Waals surface area contributed by atoms with Crippen LogP contribution >= 0.6 is 11.3 Å². The van der Waals surface area contributed by atoms with E-state index in [-0.39, 0.29) is 0 Å². The fourth-order valence-electron chi connectivity index (χ4n) is 2.71. The molecule has 0 bridgehead atoms. The van der Waals surface area contributed by atoms with Gasteiger partial charge in [0.2, 0.25) is 0 Å². The summed E-state index contributed by atoms with van der Waals surface area (Å²) in [7, 11) is 0. The number of hydrogen-bond donors (Lipinski definition) is 1. The average Bonchev–Trinajstić information content (AvgIpc) is 2.81. The standard InChI is InChI=1S/C14H21NO2S/c1-2-5-11-6-3-4-9-15(11)10-12-7-8-13(18-12)14(16)17/h7-8,11H,2-6,9-10H2,1H3,(H,16,17). The van der Waals surface area contributed by atoms with Crippen molar-refractivity contribution in [3.8, 4) is 0 Å². The zero-order chi connectivity index (χ0) is 13.0. The van der Waals surface area contributed by atoms with Crippen LogP contribution in [0.3, 0.4) is 0 Å². The molecule has 3 nitrogen and oxygen atoms in total. The molecular formula is C14H21NO2S. The van der Waals surface area contributed by atoms with Gasteiger partial charge in [-0.05, 0) is 37.9 Å². The predicted octanol–water partition coefficient (Wildman–Crippen LogP) is 3.60. The molecule has 1 saturated heterocycles. The van der Waals surface area contributed by atoms with Crippen LogP contribution in [0.1, 0.15) is 53.6 Å². The summed E-state index contributed by atoms with van der Waals surface area (Å²) in [6.45, 7) is 4.31. The van der Waals surface area contributed by atoms with Crippen LogP contribution in [0, 0.1) is 0 Å². The number of piperidine rings is 1. The number of likely N-dealkylation sites (tertiary alicyclic amines) is 1. The minimum atomic E-state index is -0.810. The van der Waals surface area contributed by atoms with Crippen LogP contribution < -0.4 is 0 Å². The maximum Gasteiger partial charge on any atom is 0.345 e. The highest BCUT2D eigenvalue weighted by atomic mass is 32.1. The molecule has 1 aromatic rings. The van der Waals surface area contributed by atoms with Gasteiger partial charge in [0.05, 0.1) is 0 Å². The lowest BCUT2D eigenvalue weighted by atomic mass is 9.98. The molecule has 0 spiro atoms. The van der Waals surface area contributed by atoms with E-state index in [9.17, 15) is 4.79 Å². The smallest absolute Gasteiger partial charge is 0.345 e. The lowest BCUT2D eigenvalue weighted by molar-refractivity contribution is 0.0702. The third-order valence-corrected chi connectivity index (χ3v) is 4.66. The molecule has 1 N–H and O–H groups in total. The van der Waals surface area contributed by atoms with Crippen molar-refractivity contribution in [3.05, 3.63) is 21.9 Å². The van der Waals surface area contributed by atoms with Crippen LogP contribution in [-0.2, 0) is 6.54 Å². The topological polar surface area (TPSA) is 40.5 Å². The minimum Gasteiger partial charge on any atom is -0.477 e. The van der Waals surface area contributed by atoms with E-state index in [1.165, 1.54) is 48.3 Å². The molecule has 18 heavy (non-hydrogen) atoms. The summed E-state index contributed by atoms with van der Waals surface area (Å²) in [5.41, 5.74) is 0. The Balaban J connectivity index is 1.99.